The summed E-state index contributed by atoms with van der Waals surface area (Å²) in [4.78, 5) is 20.8. The van der Waals surface area contributed by atoms with Gasteiger partial charge in [-0.05, 0) is 216 Å². The van der Waals surface area contributed by atoms with Crippen molar-refractivity contribution in [2.24, 2.45) is 0 Å². The summed E-state index contributed by atoms with van der Waals surface area (Å²) < 4.78 is 31.7. The molecule has 2 N–H and O–H groups in total. The first-order valence-corrected chi connectivity index (χ1v) is 39.5. The minimum atomic E-state index is 0. The molecule has 3 aromatic heterocycles. The predicted octanol–water partition coefficient (Wildman–Crippen LogP) is 10.3. The number of nitrogens with zero attached hydrogens (tertiary/aromatic N) is 6. The Kier molecular flexibility index (Phi) is 27.3. The number of nitrogens with one attached hydrogen (secondary N) is 2. The standard InChI is InChI=1S/C96H110N8O4.4BrH/c1-101(2,3)41-25-13-29-45-105-75-49-73(50-76(61-75)106-46-30-14-26-42-102(4,5)6)91-93-83-57-69-37-21-17-33-65(69)53-79(83)87(97-93)63-89-81-55-67-35-19-23-39-71(67)59-85(81)95(99-89)92(74-51-77(107-47-31-15-27-43-103(7,8)9)62-78(52-74)108-48-32-16-28-44-104(10,11)12)96-86-60-72-40-24-20-36-68(72)56-82(86)90(100-96)64-88-80-54-66-34-18-22-38-70(66)58-84(80)94(91)98-88;;;;/h17-24,33-40,49-64,97,100H,13-16,25-32,41-48H2,1-12H3;4*1H/q+4;;;;/p-4. The Morgan fingerprint density at radius 2 is 0.518 bits per heavy atom. The number of ether oxygens (including phenoxy) is 4. The summed E-state index contributed by atoms with van der Waals surface area (Å²) in [6.07, 6.45) is 12.6. The van der Waals surface area contributed by atoms with Gasteiger partial charge in [0.2, 0.25) is 0 Å². The lowest BCUT2D eigenvalue weighted by molar-refractivity contribution is -0.870. The Labute approximate surface area is 704 Å². The van der Waals surface area contributed by atoms with Gasteiger partial charge in [0, 0.05) is 78.1 Å². The van der Waals surface area contributed by atoms with Crippen molar-refractivity contribution in [2.75, 3.05) is 137 Å². The number of fused-ring (bicyclic) bond motifs is 24. The van der Waals surface area contributed by atoms with E-state index in [-0.39, 0.29) is 67.9 Å². The molecule has 0 radical (unpaired) electrons. The third-order valence-corrected chi connectivity index (χ3v) is 21.5. The number of halogens is 4. The van der Waals surface area contributed by atoms with Gasteiger partial charge in [-0.3, -0.25) is 0 Å². The molecule has 10 aromatic carbocycles. The minimum absolute atomic E-state index is 0. The average Bonchev–Trinajstić information content (AvgIpc) is 1.56. The molecular weight excluding hydrogens is 1650 g/mol. The van der Waals surface area contributed by atoms with Crippen LogP contribution in [0, 0.1) is 0 Å². The molecule has 0 saturated heterocycles. The molecule has 0 saturated carbocycles. The molecule has 0 spiro atoms. The Bertz CT molecular complexity index is 5270. The molecule has 5 heterocycles. The van der Waals surface area contributed by atoms with Crippen molar-refractivity contribution >= 4 is 86.7 Å². The summed E-state index contributed by atoms with van der Waals surface area (Å²) in [7, 11) is 27.2. The molecule has 0 amide bonds. The molecular formula is C96H110Br4N8O4. The molecule has 0 aliphatic carbocycles. The van der Waals surface area contributed by atoms with Crippen molar-refractivity contribution in [3.05, 3.63) is 194 Å². The number of rotatable bonds is 30. The average molecular weight is 1760 g/mol. The van der Waals surface area contributed by atoms with E-state index in [9.17, 15) is 0 Å². The molecule has 16 heteroatoms. The molecule has 0 unspecified atom stereocenters. The summed E-state index contributed by atoms with van der Waals surface area (Å²) in [6.45, 7) is 6.78. The van der Waals surface area contributed by atoms with Crippen molar-refractivity contribution < 1.29 is 105 Å². The zero-order chi connectivity index (χ0) is 74.9. The van der Waals surface area contributed by atoms with E-state index in [0.29, 0.717) is 26.4 Å². The fraction of sp³-hybridized carbons (Fsp3) is 0.333. The first kappa shape index (κ1) is 84.7. The van der Waals surface area contributed by atoms with Gasteiger partial charge in [0.1, 0.15) is 23.0 Å². The van der Waals surface area contributed by atoms with Crippen LogP contribution in [0.2, 0.25) is 0 Å². The second-order valence-electron chi connectivity index (χ2n) is 34.6. The van der Waals surface area contributed by atoms with E-state index >= 15 is 0 Å². The predicted molar refractivity (Wildman–Crippen MR) is 455 cm³/mol. The summed E-state index contributed by atoms with van der Waals surface area (Å²) in [5, 5.41) is 13.4. The Balaban J connectivity index is 0.00000310. The van der Waals surface area contributed by atoms with E-state index < -0.39 is 0 Å². The van der Waals surface area contributed by atoms with E-state index in [4.69, 9.17) is 28.9 Å². The van der Waals surface area contributed by atoms with Crippen molar-refractivity contribution in [3.63, 3.8) is 0 Å². The van der Waals surface area contributed by atoms with E-state index in [1.165, 1.54) is 0 Å². The van der Waals surface area contributed by atoms with E-state index in [0.717, 1.165) is 298 Å². The largest absolute Gasteiger partial charge is 1.00 e. The quantitative estimate of drug-likeness (QED) is 0.0344. The summed E-state index contributed by atoms with van der Waals surface area (Å²) in [5.74, 6) is 3.07. The highest BCUT2D eigenvalue weighted by Crippen LogP contribution is 2.51. The molecule has 0 fully saturated rings. The highest BCUT2D eigenvalue weighted by molar-refractivity contribution is 6.21. The van der Waals surface area contributed by atoms with Crippen LogP contribution >= 0.6 is 0 Å². The van der Waals surface area contributed by atoms with E-state index in [1.54, 1.807) is 0 Å². The lowest BCUT2D eigenvalue weighted by Crippen LogP contribution is -3.00. The van der Waals surface area contributed by atoms with Crippen LogP contribution in [-0.2, 0) is 0 Å². The number of unbranched alkanes of at least 4 members (excludes halogenated alkanes) is 8. The van der Waals surface area contributed by atoms with Crippen LogP contribution in [0.15, 0.2) is 194 Å². The van der Waals surface area contributed by atoms with Crippen molar-refractivity contribution in [1.82, 2.24) is 19.9 Å². The number of hydrogen-bond donors (Lipinski definition) is 2. The number of H-pyrrole nitrogens is 2. The number of aromatic amines is 2. The topological polar surface area (TPSA) is 94.3 Å². The van der Waals surface area contributed by atoms with Crippen LogP contribution in [0.4, 0.5) is 0 Å². The summed E-state index contributed by atoms with van der Waals surface area (Å²) in [5.41, 5.74) is 15.1. The van der Waals surface area contributed by atoms with Gasteiger partial charge in [0.15, 0.2) is 0 Å². The van der Waals surface area contributed by atoms with Crippen LogP contribution < -0.4 is 86.9 Å². The van der Waals surface area contributed by atoms with Crippen LogP contribution in [0.3, 0.4) is 0 Å². The first-order chi connectivity index (χ1) is 52.0. The number of aromatic nitrogens is 4. The van der Waals surface area contributed by atoms with Crippen LogP contribution in [0.1, 0.15) is 77.0 Å². The molecule has 8 bridgehead atoms. The number of benzene rings is 10. The maximum Gasteiger partial charge on any atom is 0.123 e. The van der Waals surface area contributed by atoms with Crippen LogP contribution in [-0.4, -0.2) is 175 Å². The lowest BCUT2D eigenvalue weighted by Gasteiger charge is -2.23. The third-order valence-electron chi connectivity index (χ3n) is 21.5. The molecule has 586 valence electrons. The normalized spacial score (nSPS) is 12.2. The second-order valence-corrected chi connectivity index (χ2v) is 34.6. The van der Waals surface area contributed by atoms with Gasteiger partial charge in [-0.1, -0.05) is 97.1 Å². The molecule has 0 atom stereocenters. The molecule has 12 nitrogen and oxygen atoms in total. The molecule has 15 rings (SSSR count). The lowest BCUT2D eigenvalue weighted by atomic mass is 9.93. The smallest absolute Gasteiger partial charge is 0.123 e. The van der Waals surface area contributed by atoms with E-state index in [2.05, 4.69) is 289 Å². The third kappa shape index (κ3) is 19.9. The zero-order valence-corrected chi connectivity index (χ0v) is 73.8. The fourth-order valence-corrected chi connectivity index (χ4v) is 15.9. The Morgan fingerprint density at radius 1 is 0.268 bits per heavy atom. The monoisotopic (exact) mass is 1750 g/mol. The SMILES string of the molecule is C[N+](C)(C)CCCCCOc1cc(OCCCCC[N+](C)(C)C)cc(-c2c3nc(cc4[nH]c(c(-c5cc(OCCCCC[N+](C)(C)C)cc(OCCCCC[N+](C)(C)C)c5)c5nc(cc6[nH]c2c2cc7ccccc7cc62)-c2cc6ccccc6cc2-5)c2cc5ccccc5cc42)-c2cc4ccccc4cc2-3)c1.[Br-].[Br-].[Br-].[Br-]. The number of hydrogen-bond acceptors (Lipinski definition) is 6. The first-order valence-electron chi connectivity index (χ1n) is 39.5. The summed E-state index contributed by atoms with van der Waals surface area (Å²) >= 11 is 0. The zero-order valence-electron chi connectivity index (χ0n) is 67.4. The minimum Gasteiger partial charge on any atom is -1.00 e. The Morgan fingerprint density at radius 3 is 0.786 bits per heavy atom. The van der Waals surface area contributed by atoms with Gasteiger partial charge in [-0.2, -0.15) is 0 Å². The van der Waals surface area contributed by atoms with Gasteiger partial charge in [0.25, 0.3) is 0 Å². The second kappa shape index (κ2) is 36.1. The maximum absolute atomic E-state index is 6.98. The van der Waals surface area contributed by atoms with Crippen LogP contribution in [0.5, 0.6) is 23.0 Å². The van der Waals surface area contributed by atoms with Crippen LogP contribution in [0.25, 0.3) is 154 Å². The molecule has 13 aromatic rings. The van der Waals surface area contributed by atoms with Crippen molar-refractivity contribution in [2.45, 2.75) is 77.0 Å². The maximum atomic E-state index is 6.98. The van der Waals surface area contributed by atoms with Gasteiger partial charge in [-0.15, -0.1) is 0 Å². The van der Waals surface area contributed by atoms with Gasteiger partial charge < -0.3 is 115 Å². The molecule has 2 aliphatic heterocycles. The molecule has 2 aliphatic rings. The Hall–Kier alpha value is -8.16. The highest BCUT2D eigenvalue weighted by atomic mass is 79.9. The highest BCUT2D eigenvalue weighted by Gasteiger charge is 2.29. The van der Waals surface area contributed by atoms with Gasteiger partial charge >= 0.3 is 0 Å². The summed E-state index contributed by atoms with van der Waals surface area (Å²) in [6, 6.07) is 71.7. The fourth-order valence-electron chi connectivity index (χ4n) is 15.9. The van der Waals surface area contributed by atoms with Gasteiger partial charge in [-0.25, -0.2) is 9.97 Å². The molecule has 112 heavy (non-hydrogen) atoms. The van der Waals surface area contributed by atoms with E-state index in [1.807, 2.05) is 0 Å². The number of quaternary nitrogens is 4. The van der Waals surface area contributed by atoms with Crippen molar-refractivity contribution in [1.29, 1.82) is 0 Å². The van der Waals surface area contributed by atoms with Gasteiger partial charge in [0.05, 0.1) is 171 Å². The van der Waals surface area contributed by atoms with Crippen molar-refractivity contribution in [3.8, 4) is 90.3 Å².